The second-order valence-electron chi connectivity index (χ2n) is 8.31. The fourth-order valence-electron chi connectivity index (χ4n) is 3.89. The summed E-state index contributed by atoms with van der Waals surface area (Å²) < 4.78 is 25.4. The van der Waals surface area contributed by atoms with Gasteiger partial charge >= 0.3 is 0 Å². The SMILES string of the molecule is CC.CC(C)Nc1cccnc1N1CCN(C(=O)c2cc3cc(NS(C)(=O)=O)ccc3[nH]2)CC1. The third-order valence-electron chi connectivity index (χ3n) is 5.25. The number of rotatable bonds is 6. The molecule has 0 spiro atoms. The first-order valence-corrected chi connectivity index (χ1v) is 13.4. The zero-order valence-corrected chi connectivity index (χ0v) is 21.2. The molecule has 0 radical (unpaired) electrons. The molecule has 1 fully saturated rings. The van der Waals surface area contributed by atoms with Crippen molar-refractivity contribution in [1.82, 2.24) is 14.9 Å². The Morgan fingerprint density at radius 3 is 2.44 bits per heavy atom. The van der Waals surface area contributed by atoms with E-state index in [4.69, 9.17) is 0 Å². The van der Waals surface area contributed by atoms with Gasteiger partial charge in [-0.2, -0.15) is 0 Å². The van der Waals surface area contributed by atoms with Crippen LogP contribution in [0.2, 0.25) is 0 Å². The van der Waals surface area contributed by atoms with Crippen LogP contribution >= 0.6 is 0 Å². The molecule has 9 nitrogen and oxygen atoms in total. The average molecular weight is 487 g/mol. The molecule has 3 heterocycles. The van der Waals surface area contributed by atoms with Gasteiger partial charge in [0.25, 0.3) is 5.91 Å². The predicted octanol–water partition coefficient (Wildman–Crippen LogP) is 3.74. The predicted molar refractivity (Wildman–Crippen MR) is 139 cm³/mol. The highest BCUT2D eigenvalue weighted by molar-refractivity contribution is 7.92. The molecule has 184 valence electrons. The lowest BCUT2D eigenvalue weighted by Gasteiger charge is -2.36. The zero-order valence-electron chi connectivity index (χ0n) is 20.4. The Bertz CT molecular complexity index is 1230. The summed E-state index contributed by atoms with van der Waals surface area (Å²) in [6.07, 6.45) is 2.89. The van der Waals surface area contributed by atoms with E-state index in [2.05, 4.69) is 38.8 Å². The summed E-state index contributed by atoms with van der Waals surface area (Å²) in [5.41, 5.74) is 2.73. The smallest absolute Gasteiger partial charge is 0.270 e. The summed E-state index contributed by atoms with van der Waals surface area (Å²) in [4.78, 5) is 24.8. The summed E-state index contributed by atoms with van der Waals surface area (Å²) in [7, 11) is -3.36. The molecule has 0 atom stereocenters. The monoisotopic (exact) mass is 486 g/mol. The molecule has 4 rings (SSSR count). The van der Waals surface area contributed by atoms with Crippen molar-refractivity contribution in [3.05, 3.63) is 48.3 Å². The summed E-state index contributed by atoms with van der Waals surface area (Å²) in [6.45, 7) is 10.7. The van der Waals surface area contributed by atoms with Crippen molar-refractivity contribution in [3.63, 3.8) is 0 Å². The number of sulfonamides is 1. The van der Waals surface area contributed by atoms with Crippen LogP contribution in [0.4, 0.5) is 17.2 Å². The van der Waals surface area contributed by atoms with Crippen LogP contribution in [0.3, 0.4) is 0 Å². The van der Waals surface area contributed by atoms with Crippen LogP contribution in [0.15, 0.2) is 42.6 Å². The molecular weight excluding hydrogens is 452 g/mol. The van der Waals surface area contributed by atoms with Crippen LogP contribution in [0, 0.1) is 0 Å². The van der Waals surface area contributed by atoms with Gasteiger partial charge in [0.05, 0.1) is 11.9 Å². The maximum absolute atomic E-state index is 13.1. The molecule has 3 aromatic rings. The van der Waals surface area contributed by atoms with Gasteiger partial charge in [0.1, 0.15) is 5.69 Å². The van der Waals surface area contributed by atoms with Crippen molar-refractivity contribution in [2.45, 2.75) is 33.7 Å². The van der Waals surface area contributed by atoms with E-state index >= 15 is 0 Å². The van der Waals surface area contributed by atoms with Gasteiger partial charge in [-0.15, -0.1) is 0 Å². The Balaban J connectivity index is 0.00000158. The third-order valence-corrected chi connectivity index (χ3v) is 5.86. The van der Waals surface area contributed by atoms with E-state index in [-0.39, 0.29) is 5.91 Å². The highest BCUT2D eigenvalue weighted by Gasteiger charge is 2.25. The number of aromatic amines is 1. The van der Waals surface area contributed by atoms with Gasteiger partial charge in [0.2, 0.25) is 10.0 Å². The Morgan fingerprint density at radius 1 is 1.09 bits per heavy atom. The number of anilines is 3. The first-order valence-electron chi connectivity index (χ1n) is 11.6. The number of nitrogens with one attached hydrogen (secondary N) is 3. The molecule has 0 saturated carbocycles. The van der Waals surface area contributed by atoms with Crippen molar-refractivity contribution < 1.29 is 13.2 Å². The van der Waals surface area contributed by atoms with Crippen LogP contribution in [0.25, 0.3) is 10.9 Å². The van der Waals surface area contributed by atoms with Gasteiger partial charge in [0, 0.05) is 55.0 Å². The Morgan fingerprint density at radius 2 is 1.79 bits per heavy atom. The minimum Gasteiger partial charge on any atom is -0.380 e. The normalized spacial score (nSPS) is 14.1. The molecule has 0 unspecified atom stereocenters. The van der Waals surface area contributed by atoms with Crippen LogP contribution in [0.1, 0.15) is 38.2 Å². The standard InChI is InChI=1S/C22H28N6O3S.C2H6/c1-15(2)24-19-5-4-8-23-21(19)27-9-11-28(12-10-27)22(29)20-14-16-13-17(26-32(3,30)31)6-7-18(16)25-20;1-2/h4-8,13-15,24-26H,9-12H2,1-3H3;1-2H3. The lowest BCUT2D eigenvalue weighted by atomic mass is 10.2. The van der Waals surface area contributed by atoms with Gasteiger partial charge in [-0.25, -0.2) is 13.4 Å². The lowest BCUT2D eigenvalue weighted by molar-refractivity contribution is 0.0741. The lowest BCUT2D eigenvalue weighted by Crippen LogP contribution is -2.49. The van der Waals surface area contributed by atoms with Crippen LogP contribution in [-0.4, -0.2) is 67.7 Å². The fourth-order valence-corrected chi connectivity index (χ4v) is 4.44. The van der Waals surface area contributed by atoms with E-state index in [1.165, 1.54) is 0 Å². The number of H-pyrrole nitrogens is 1. The largest absolute Gasteiger partial charge is 0.380 e. The highest BCUT2D eigenvalue weighted by atomic mass is 32.2. The van der Waals surface area contributed by atoms with Crippen molar-refractivity contribution in [2.24, 2.45) is 0 Å². The van der Waals surface area contributed by atoms with Crippen molar-refractivity contribution in [1.29, 1.82) is 0 Å². The maximum atomic E-state index is 13.1. The number of carbonyl (C=O) groups excluding carboxylic acids is 1. The van der Waals surface area contributed by atoms with Crippen molar-refractivity contribution >= 4 is 44.0 Å². The number of pyridine rings is 1. The summed E-state index contributed by atoms with van der Waals surface area (Å²) in [5.74, 6) is 0.838. The van der Waals surface area contributed by atoms with E-state index < -0.39 is 10.0 Å². The van der Waals surface area contributed by atoms with Crippen molar-refractivity contribution in [2.75, 3.05) is 47.4 Å². The molecule has 1 saturated heterocycles. The molecule has 0 aliphatic carbocycles. The summed E-state index contributed by atoms with van der Waals surface area (Å²) in [5, 5.41) is 4.21. The van der Waals surface area contributed by atoms with Gasteiger partial charge < -0.3 is 20.1 Å². The molecule has 2 aromatic heterocycles. The van der Waals surface area contributed by atoms with E-state index in [1.54, 1.807) is 30.5 Å². The van der Waals surface area contributed by atoms with Crippen LogP contribution in [-0.2, 0) is 10.0 Å². The van der Waals surface area contributed by atoms with Crippen LogP contribution in [0.5, 0.6) is 0 Å². The number of piperazine rings is 1. The number of hydrogen-bond donors (Lipinski definition) is 3. The number of benzene rings is 1. The topological polar surface area (TPSA) is 110 Å². The maximum Gasteiger partial charge on any atom is 0.270 e. The molecule has 3 N–H and O–H groups in total. The number of aromatic nitrogens is 2. The number of fused-ring (bicyclic) bond motifs is 1. The second kappa shape index (κ2) is 10.8. The Hall–Kier alpha value is -3.27. The Kier molecular flexibility index (Phi) is 8.03. The first kappa shape index (κ1) is 25.4. The molecule has 10 heteroatoms. The summed E-state index contributed by atoms with van der Waals surface area (Å²) in [6, 6.07) is 11.2. The second-order valence-corrected chi connectivity index (χ2v) is 10.1. The van der Waals surface area contributed by atoms with Crippen LogP contribution < -0.4 is 14.9 Å². The van der Waals surface area contributed by atoms with Gasteiger partial charge in [-0.1, -0.05) is 13.8 Å². The third kappa shape index (κ3) is 6.19. The Labute approximate surface area is 201 Å². The first-order chi connectivity index (χ1) is 16.2. The molecule has 34 heavy (non-hydrogen) atoms. The molecule has 1 aliphatic heterocycles. The van der Waals surface area contributed by atoms with E-state index in [0.29, 0.717) is 43.6 Å². The van der Waals surface area contributed by atoms with Gasteiger partial charge in [-0.05, 0) is 50.2 Å². The van der Waals surface area contributed by atoms with Gasteiger partial charge in [0.15, 0.2) is 5.82 Å². The molecule has 1 aliphatic rings. The number of hydrogen-bond acceptors (Lipinski definition) is 6. The quantitative estimate of drug-likeness (QED) is 0.490. The van der Waals surface area contributed by atoms with E-state index in [9.17, 15) is 13.2 Å². The van der Waals surface area contributed by atoms with Gasteiger partial charge in [-0.3, -0.25) is 9.52 Å². The minimum absolute atomic E-state index is 0.0694. The zero-order chi connectivity index (χ0) is 24.9. The average Bonchev–Trinajstić information content (AvgIpc) is 3.22. The van der Waals surface area contributed by atoms with E-state index in [0.717, 1.165) is 28.7 Å². The highest BCUT2D eigenvalue weighted by Crippen LogP contribution is 2.26. The number of carbonyl (C=O) groups is 1. The number of amides is 1. The summed E-state index contributed by atoms with van der Waals surface area (Å²) >= 11 is 0. The molecule has 1 amide bonds. The molecule has 0 bridgehead atoms. The van der Waals surface area contributed by atoms with Crippen molar-refractivity contribution in [3.8, 4) is 0 Å². The number of nitrogens with zero attached hydrogens (tertiary/aromatic N) is 3. The fraction of sp³-hybridized carbons (Fsp3) is 0.417. The molecular formula is C24H34N6O3S. The minimum atomic E-state index is -3.36. The molecule has 1 aromatic carbocycles. The van der Waals surface area contributed by atoms with E-state index in [1.807, 2.05) is 30.9 Å².